The minimum atomic E-state index is -0.678. The van der Waals surface area contributed by atoms with E-state index in [-0.39, 0.29) is 0 Å². The fourth-order valence-electron chi connectivity index (χ4n) is 3.65. The lowest BCUT2D eigenvalue weighted by molar-refractivity contribution is -0.137. The zero-order valence-corrected chi connectivity index (χ0v) is 22.6. The molecule has 2 atom stereocenters. The molecule has 0 aromatic heterocycles. The SMILES string of the molecule is CC/C=C\C[C@H](O)\C=C/C=C/C=C/[C@H](O)C/C=C\C/C=C\CCCCCCCCCCCCC(=O)O. The lowest BCUT2D eigenvalue weighted by Crippen LogP contribution is -1.98. The van der Waals surface area contributed by atoms with Crippen LogP contribution in [0, 0.1) is 0 Å². The first kappa shape index (κ1) is 33.8. The van der Waals surface area contributed by atoms with Crippen LogP contribution in [0.3, 0.4) is 0 Å². The monoisotopic (exact) mass is 500 g/mol. The highest BCUT2D eigenvalue weighted by Gasteiger charge is 1.97. The number of carboxylic acid groups (broad SMARTS) is 1. The van der Waals surface area contributed by atoms with Crippen LogP contribution in [-0.4, -0.2) is 33.5 Å². The Morgan fingerprint density at radius 1 is 0.611 bits per heavy atom. The molecule has 0 aromatic carbocycles. The average molecular weight is 501 g/mol. The van der Waals surface area contributed by atoms with Gasteiger partial charge in [0, 0.05) is 6.42 Å². The Kier molecular flexibility index (Phi) is 25.8. The third-order valence-electron chi connectivity index (χ3n) is 5.77. The molecule has 36 heavy (non-hydrogen) atoms. The van der Waals surface area contributed by atoms with Crippen molar-refractivity contribution in [3.8, 4) is 0 Å². The van der Waals surface area contributed by atoms with Crippen molar-refractivity contribution in [3.05, 3.63) is 72.9 Å². The molecule has 0 saturated heterocycles. The van der Waals surface area contributed by atoms with Gasteiger partial charge in [-0.1, -0.05) is 131 Å². The average Bonchev–Trinajstić information content (AvgIpc) is 2.85. The van der Waals surface area contributed by atoms with E-state index in [1.165, 1.54) is 51.4 Å². The van der Waals surface area contributed by atoms with Gasteiger partial charge in [0.05, 0.1) is 12.2 Å². The Bertz CT molecular complexity index is 670. The first-order valence-corrected chi connectivity index (χ1v) is 14.1. The van der Waals surface area contributed by atoms with E-state index in [0.717, 1.165) is 32.1 Å². The maximum absolute atomic E-state index is 10.4. The number of aliphatic hydroxyl groups is 2. The summed E-state index contributed by atoms with van der Waals surface area (Å²) in [5.41, 5.74) is 0. The van der Waals surface area contributed by atoms with Gasteiger partial charge in [-0.3, -0.25) is 4.79 Å². The summed E-state index contributed by atoms with van der Waals surface area (Å²) < 4.78 is 0. The van der Waals surface area contributed by atoms with Gasteiger partial charge >= 0.3 is 5.97 Å². The van der Waals surface area contributed by atoms with Crippen LogP contribution >= 0.6 is 0 Å². The Morgan fingerprint density at radius 2 is 1.08 bits per heavy atom. The third kappa shape index (κ3) is 28.1. The minimum Gasteiger partial charge on any atom is -0.481 e. The topological polar surface area (TPSA) is 77.8 Å². The summed E-state index contributed by atoms with van der Waals surface area (Å²) in [5, 5.41) is 28.3. The molecular formula is C32H52O4. The number of hydrogen-bond acceptors (Lipinski definition) is 3. The second kappa shape index (κ2) is 27.4. The van der Waals surface area contributed by atoms with Crippen LogP contribution in [-0.2, 0) is 4.79 Å². The highest BCUT2D eigenvalue weighted by Crippen LogP contribution is 2.12. The van der Waals surface area contributed by atoms with Crippen molar-refractivity contribution in [2.45, 2.75) is 122 Å². The summed E-state index contributed by atoms with van der Waals surface area (Å²) in [7, 11) is 0. The highest BCUT2D eigenvalue weighted by molar-refractivity contribution is 5.66. The Balaban J connectivity index is 3.58. The van der Waals surface area contributed by atoms with Crippen molar-refractivity contribution in [3.63, 3.8) is 0 Å². The number of unbranched alkanes of at least 4 members (excludes halogenated alkanes) is 10. The molecule has 4 nitrogen and oxygen atoms in total. The molecule has 0 spiro atoms. The summed E-state index contributed by atoms with van der Waals surface area (Å²) in [6.45, 7) is 2.07. The molecule has 3 N–H and O–H groups in total. The second-order valence-corrected chi connectivity index (χ2v) is 9.29. The smallest absolute Gasteiger partial charge is 0.303 e. The van der Waals surface area contributed by atoms with E-state index >= 15 is 0 Å². The summed E-state index contributed by atoms with van der Waals surface area (Å²) in [6.07, 6.45) is 39.2. The molecule has 0 amide bonds. The second-order valence-electron chi connectivity index (χ2n) is 9.29. The molecule has 0 unspecified atom stereocenters. The molecule has 0 aliphatic rings. The van der Waals surface area contributed by atoms with E-state index in [1.807, 2.05) is 42.5 Å². The van der Waals surface area contributed by atoms with Gasteiger partial charge in [-0.15, -0.1) is 0 Å². The summed E-state index contributed by atoms with van der Waals surface area (Å²) in [5.74, 6) is -0.678. The molecule has 0 aromatic rings. The number of hydrogen-bond donors (Lipinski definition) is 3. The lowest BCUT2D eigenvalue weighted by Gasteiger charge is -2.01. The van der Waals surface area contributed by atoms with Gasteiger partial charge in [0.25, 0.3) is 0 Å². The first-order valence-electron chi connectivity index (χ1n) is 14.1. The van der Waals surface area contributed by atoms with Crippen molar-refractivity contribution in [2.75, 3.05) is 0 Å². The van der Waals surface area contributed by atoms with Crippen LogP contribution < -0.4 is 0 Å². The fourth-order valence-corrected chi connectivity index (χ4v) is 3.65. The number of aliphatic carboxylic acids is 1. The summed E-state index contributed by atoms with van der Waals surface area (Å²) >= 11 is 0. The standard InChI is InChI=1S/C32H52O4/c1-2-3-20-25-30(33)27-22-18-19-23-28-31(34)26-21-16-14-12-10-8-6-4-5-7-9-11-13-15-17-24-29-32(35)36/h3,10,12,16,18-23,27-28,30-31,33-34H,2,4-9,11,13-15,17,24-26,29H2,1H3,(H,35,36)/b12-10-,19-18+,20-3-,21-16-,27-22-,28-23+/t30-,31+/m0/s1. The van der Waals surface area contributed by atoms with Crippen molar-refractivity contribution in [2.24, 2.45) is 0 Å². The largest absolute Gasteiger partial charge is 0.481 e. The number of carbonyl (C=O) groups is 1. The fraction of sp³-hybridized carbons (Fsp3) is 0.594. The molecular weight excluding hydrogens is 448 g/mol. The molecule has 0 fully saturated rings. The van der Waals surface area contributed by atoms with Crippen LogP contribution in [0.1, 0.15) is 110 Å². The first-order chi connectivity index (χ1) is 17.6. The minimum absolute atomic E-state index is 0.314. The number of aliphatic hydroxyl groups excluding tert-OH is 2. The molecule has 0 rings (SSSR count). The predicted octanol–water partition coefficient (Wildman–Crippen LogP) is 8.39. The quantitative estimate of drug-likeness (QED) is 0.0706. The highest BCUT2D eigenvalue weighted by atomic mass is 16.4. The maximum Gasteiger partial charge on any atom is 0.303 e. The van der Waals surface area contributed by atoms with E-state index in [4.69, 9.17) is 5.11 Å². The van der Waals surface area contributed by atoms with E-state index < -0.39 is 18.2 Å². The zero-order chi connectivity index (χ0) is 26.5. The molecule has 0 aliphatic carbocycles. The molecule has 4 heteroatoms. The molecule has 0 saturated carbocycles. The van der Waals surface area contributed by atoms with E-state index in [2.05, 4.69) is 25.2 Å². The van der Waals surface area contributed by atoms with Crippen molar-refractivity contribution >= 4 is 5.97 Å². The van der Waals surface area contributed by atoms with Crippen LogP contribution in [0.15, 0.2) is 72.9 Å². The van der Waals surface area contributed by atoms with Gasteiger partial charge < -0.3 is 15.3 Å². The maximum atomic E-state index is 10.4. The van der Waals surface area contributed by atoms with Gasteiger partial charge in [-0.2, -0.15) is 0 Å². The van der Waals surface area contributed by atoms with Gasteiger partial charge in [0.2, 0.25) is 0 Å². The number of carboxylic acids is 1. The van der Waals surface area contributed by atoms with E-state index in [0.29, 0.717) is 19.3 Å². The molecule has 0 radical (unpaired) electrons. The van der Waals surface area contributed by atoms with Crippen LogP contribution in [0.4, 0.5) is 0 Å². The van der Waals surface area contributed by atoms with Crippen molar-refractivity contribution in [1.29, 1.82) is 0 Å². The van der Waals surface area contributed by atoms with Crippen LogP contribution in [0.2, 0.25) is 0 Å². The number of rotatable bonds is 24. The summed E-state index contributed by atoms with van der Waals surface area (Å²) in [4.78, 5) is 10.4. The number of allylic oxidation sites excluding steroid dienone is 8. The predicted molar refractivity (Wildman–Crippen MR) is 154 cm³/mol. The van der Waals surface area contributed by atoms with E-state index in [1.54, 1.807) is 12.2 Å². The van der Waals surface area contributed by atoms with Gasteiger partial charge in [-0.25, -0.2) is 0 Å². The molecule has 0 bridgehead atoms. The van der Waals surface area contributed by atoms with Gasteiger partial charge in [-0.05, 0) is 44.9 Å². The van der Waals surface area contributed by atoms with Gasteiger partial charge in [0.1, 0.15) is 0 Å². The third-order valence-corrected chi connectivity index (χ3v) is 5.77. The van der Waals surface area contributed by atoms with Gasteiger partial charge in [0.15, 0.2) is 0 Å². The molecule has 0 aliphatic heterocycles. The summed E-state index contributed by atoms with van der Waals surface area (Å²) in [6, 6.07) is 0. The molecule has 204 valence electrons. The van der Waals surface area contributed by atoms with E-state index in [9.17, 15) is 15.0 Å². The Labute approximate surface area is 220 Å². The lowest BCUT2D eigenvalue weighted by atomic mass is 10.1. The van der Waals surface area contributed by atoms with Crippen LogP contribution in [0.25, 0.3) is 0 Å². The van der Waals surface area contributed by atoms with Crippen molar-refractivity contribution < 1.29 is 20.1 Å². The van der Waals surface area contributed by atoms with Crippen molar-refractivity contribution in [1.82, 2.24) is 0 Å². The normalized spacial score (nSPS) is 14.5. The zero-order valence-electron chi connectivity index (χ0n) is 22.6. The Hall–Kier alpha value is -2.17. The Morgan fingerprint density at radius 3 is 1.61 bits per heavy atom. The molecule has 0 heterocycles. The van der Waals surface area contributed by atoms with Crippen LogP contribution in [0.5, 0.6) is 0 Å².